The molecule has 2 aromatic rings. The van der Waals surface area contributed by atoms with Crippen molar-refractivity contribution in [2.24, 2.45) is 7.05 Å². The smallest absolute Gasteiger partial charge is 0.299 e. The summed E-state index contributed by atoms with van der Waals surface area (Å²) in [5.74, 6) is 0. The number of nitro benzene ring substituents is 2. The van der Waals surface area contributed by atoms with Gasteiger partial charge in [0, 0.05) is 13.1 Å². The molecule has 1 N–H and O–H groups in total. The van der Waals surface area contributed by atoms with Gasteiger partial charge in [-0.15, -0.1) is 0 Å². The van der Waals surface area contributed by atoms with Crippen molar-refractivity contribution in [3.05, 3.63) is 49.8 Å². The van der Waals surface area contributed by atoms with Crippen LogP contribution in [-0.2, 0) is 7.05 Å². The molecule has 0 spiro atoms. The number of rotatable bonds is 4. The third kappa shape index (κ3) is 2.66. The van der Waals surface area contributed by atoms with Gasteiger partial charge in [-0.2, -0.15) is 5.10 Å². The molecule has 0 aliphatic heterocycles. The van der Waals surface area contributed by atoms with E-state index in [0.29, 0.717) is 11.4 Å². The summed E-state index contributed by atoms with van der Waals surface area (Å²) in [5, 5.41) is 28.9. The molecule has 0 amide bonds. The molecule has 0 saturated heterocycles. The van der Waals surface area contributed by atoms with E-state index < -0.39 is 9.85 Å². The second-order valence-corrected chi connectivity index (χ2v) is 4.51. The zero-order valence-electron chi connectivity index (χ0n) is 11.7. The predicted molar refractivity (Wildman–Crippen MR) is 75.7 cm³/mol. The maximum Gasteiger partial charge on any atom is 0.299 e. The molecule has 0 saturated carbocycles. The molecule has 1 aromatic heterocycles. The molecule has 1 heterocycles. The summed E-state index contributed by atoms with van der Waals surface area (Å²) in [6, 6.07) is 3.47. The van der Waals surface area contributed by atoms with Crippen LogP contribution in [0.5, 0.6) is 0 Å². The van der Waals surface area contributed by atoms with E-state index in [9.17, 15) is 20.2 Å². The number of nitrogens with zero attached hydrogens (tertiary/aromatic N) is 4. The number of hydrogen-bond acceptors (Lipinski definition) is 6. The van der Waals surface area contributed by atoms with Gasteiger partial charge in [0.1, 0.15) is 5.69 Å². The zero-order chi connectivity index (χ0) is 15.7. The van der Waals surface area contributed by atoms with Crippen molar-refractivity contribution in [2.45, 2.75) is 13.8 Å². The summed E-state index contributed by atoms with van der Waals surface area (Å²) in [5.41, 5.74) is 1.64. The van der Waals surface area contributed by atoms with Crippen LogP contribution in [0.25, 0.3) is 0 Å². The van der Waals surface area contributed by atoms with Gasteiger partial charge in [-0.1, -0.05) is 0 Å². The second kappa shape index (κ2) is 5.19. The Bertz CT molecular complexity index is 737. The number of benzene rings is 1. The lowest BCUT2D eigenvalue weighted by atomic mass is 10.2. The molecule has 0 unspecified atom stereocenters. The van der Waals surface area contributed by atoms with Crippen molar-refractivity contribution in [3.8, 4) is 0 Å². The first-order valence-electron chi connectivity index (χ1n) is 6.01. The number of hydrogen-bond donors (Lipinski definition) is 1. The highest BCUT2D eigenvalue weighted by molar-refractivity contribution is 5.73. The zero-order valence-corrected chi connectivity index (χ0v) is 11.7. The molecule has 1 aromatic carbocycles. The van der Waals surface area contributed by atoms with Crippen molar-refractivity contribution in [1.82, 2.24) is 9.78 Å². The highest BCUT2D eigenvalue weighted by Crippen LogP contribution is 2.33. The van der Waals surface area contributed by atoms with E-state index >= 15 is 0 Å². The van der Waals surface area contributed by atoms with Gasteiger partial charge in [-0.25, -0.2) is 0 Å². The Hall–Kier alpha value is -2.97. The summed E-state index contributed by atoms with van der Waals surface area (Å²) in [4.78, 5) is 20.5. The van der Waals surface area contributed by atoms with Gasteiger partial charge in [-0.3, -0.25) is 24.9 Å². The third-order valence-electron chi connectivity index (χ3n) is 3.16. The van der Waals surface area contributed by atoms with Gasteiger partial charge < -0.3 is 5.32 Å². The van der Waals surface area contributed by atoms with Gasteiger partial charge in [0.15, 0.2) is 0 Å². The average molecular weight is 291 g/mol. The van der Waals surface area contributed by atoms with Gasteiger partial charge >= 0.3 is 0 Å². The van der Waals surface area contributed by atoms with Crippen LogP contribution in [0.2, 0.25) is 0 Å². The van der Waals surface area contributed by atoms with Crippen LogP contribution < -0.4 is 5.32 Å². The normalized spacial score (nSPS) is 10.4. The fraction of sp³-hybridized carbons (Fsp3) is 0.250. The van der Waals surface area contributed by atoms with Crippen molar-refractivity contribution in [3.63, 3.8) is 0 Å². The Kier molecular flexibility index (Phi) is 3.57. The minimum absolute atomic E-state index is 0.185. The first-order chi connectivity index (χ1) is 9.81. The lowest BCUT2D eigenvalue weighted by Gasteiger charge is -2.07. The summed E-state index contributed by atoms with van der Waals surface area (Å²) in [6.45, 7) is 3.59. The van der Waals surface area contributed by atoms with Gasteiger partial charge in [-0.05, 0) is 19.9 Å². The molecule has 21 heavy (non-hydrogen) atoms. The Morgan fingerprint density at radius 2 is 1.86 bits per heavy atom. The quantitative estimate of drug-likeness (QED) is 0.683. The van der Waals surface area contributed by atoms with Crippen molar-refractivity contribution in [1.29, 1.82) is 0 Å². The van der Waals surface area contributed by atoms with Gasteiger partial charge in [0.05, 0.1) is 33.0 Å². The van der Waals surface area contributed by atoms with Crippen molar-refractivity contribution < 1.29 is 9.85 Å². The Morgan fingerprint density at radius 3 is 2.33 bits per heavy atom. The summed E-state index contributed by atoms with van der Waals surface area (Å²) in [6.07, 6.45) is 0. The fourth-order valence-corrected chi connectivity index (χ4v) is 1.98. The van der Waals surface area contributed by atoms with Crippen LogP contribution in [0.15, 0.2) is 18.2 Å². The third-order valence-corrected chi connectivity index (χ3v) is 3.16. The molecule has 9 heteroatoms. The van der Waals surface area contributed by atoms with E-state index in [2.05, 4.69) is 10.4 Å². The van der Waals surface area contributed by atoms with E-state index in [4.69, 9.17) is 0 Å². The van der Waals surface area contributed by atoms with Crippen LogP contribution in [-0.4, -0.2) is 19.6 Å². The number of non-ortho nitro benzene ring substituents is 1. The average Bonchev–Trinajstić information content (AvgIpc) is 2.65. The van der Waals surface area contributed by atoms with E-state index in [-0.39, 0.29) is 17.1 Å². The number of aryl methyl sites for hydroxylation is 2. The number of nitrogens with one attached hydrogen (secondary N) is 1. The predicted octanol–water partition coefficient (Wildman–Crippen LogP) is 2.60. The molecule has 0 fully saturated rings. The topological polar surface area (TPSA) is 116 Å². The molecule has 0 aliphatic carbocycles. The maximum atomic E-state index is 11.1. The maximum absolute atomic E-state index is 11.1. The van der Waals surface area contributed by atoms with Crippen LogP contribution in [0.4, 0.5) is 22.7 Å². The van der Waals surface area contributed by atoms with E-state index in [1.807, 2.05) is 6.92 Å². The van der Waals surface area contributed by atoms with Crippen molar-refractivity contribution >= 4 is 22.7 Å². The number of aromatic nitrogens is 2. The molecular formula is C12H13N5O4. The summed E-state index contributed by atoms with van der Waals surface area (Å²) >= 11 is 0. The Balaban J connectivity index is 2.49. The molecule has 2 rings (SSSR count). The molecule has 0 bridgehead atoms. The van der Waals surface area contributed by atoms with Crippen LogP contribution in [0.1, 0.15) is 11.4 Å². The Morgan fingerprint density at radius 1 is 1.19 bits per heavy atom. The summed E-state index contributed by atoms with van der Waals surface area (Å²) in [7, 11) is 1.76. The van der Waals surface area contributed by atoms with Crippen LogP contribution in [0.3, 0.4) is 0 Å². The first-order valence-corrected chi connectivity index (χ1v) is 6.01. The minimum atomic E-state index is -0.669. The SMILES string of the molecule is Cc1nn(C)c(C)c1Nc1ccc([N+](=O)[O-])cc1[N+](=O)[O-]. The highest BCUT2D eigenvalue weighted by Gasteiger charge is 2.21. The Labute approximate surface area is 119 Å². The van der Waals surface area contributed by atoms with Crippen LogP contribution in [0, 0.1) is 34.1 Å². The number of nitro groups is 2. The largest absolute Gasteiger partial charge is 0.347 e. The lowest BCUT2D eigenvalue weighted by Crippen LogP contribution is -2.00. The first kappa shape index (κ1) is 14.4. The van der Waals surface area contributed by atoms with Gasteiger partial charge in [0.25, 0.3) is 11.4 Å². The van der Waals surface area contributed by atoms with Gasteiger partial charge in [0.2, 0.25) is 0 Å². The molecule has 0 radical (unpaired) electrons. The van der Waals surface area contributed by atoms with Crippen molar-refractivity contribution in [2.75, 3.05) is 5.32 Å². The molecule has 110 valence electrons. The lowest BCUT2D eigenvalue weighted by molar-refractivity contribution is -0.393. The van der Waals surface area contributed by atoms with E-state index in [1.165, 1.54) is 12.1 Å². The fourth-order valence-electron chi connectivity index (χ4n) is 1.98. The number of anilines is 2. The second-order valence-electron chi connectivity index (χ2n) is 4.51. The van der Waals surface area contributed by atoms with E-state index in [1.54, 1.807) is 18.7 Å². The molecule has 9 nitrogen and oxygen atoms in total. The molecular weight excluding hydrogens is 278 g/mol. The van der Waals surface area contributed by atoms with Crippen LogP contribution >= 0.6 is 0 Å². The molecule has 0 atom stereocenters. The molecule has 0 aliphatic rings. The van der Waals surface area contributed by atoms with E-state index in [0.717, 1.165) is 11.8 Å². The summed E-state index contributed by atoms with van der Waals surface area (Å²) < 4.78 is 1.65. The monoisotopic (exact) mass is 291 g/mol. The standard InChI is InChI=1S/C12H13N5O4/c1-7-12(8(2)15(3)14-7)13-10-5-4-9(16(18)19)6-11(10)17(20)21/h4-6,13H,1-3H3. The minimum Gasteiger partial charge on any atom is -0.347 e. The highest BCUT2D eigenvalue weighted by atomic mass is 16.6.